The van der Waals surface area contributed by atoms with Crippen LogP contribution < -0.4 is 15.6 Å². The first-order chi connectivity index (χ1) is 17.1. The van der Waals surface area contributed by atoms with Gasteiger partial charge in [0.15, 0.2) is 11.6 Å². The number of carbonyl (C=O) groups is 2. The monoisotopic (exact) mass is 489 g/mol. The van der Waals surface area contributed by atoms with Crippen molar-refractivity contribution in [2.45, 2.75) is 32.3 Å². The van der Waals surface area contributed by atoms with Crippen molar-refractivity contribution in [3.05, 3.63) is 92.8 Å². The third kappa shape index (κ3) is 5.25. The number of carbonyl (C=O) groups excluding carboxylic acids is 2. The standard InChI is InChI=1S/C26H23N3O5S/c30-23(16-33-20-9-2-1-3-10-20)27-18-8-6-7-17(13-18)25(32)34-15-19-14-24(31)29-21-11-4-5-12-22(21)35-26(29)28-19/h1-3,6-10,13-14H,4-5,11-12,15-16H2,(H,27,30). The van der Waals surface area contributed by atoms with Gasteiger partial charge in [-0.25, -0.2) is 9.78 Å². The summed E-state index contributed by atoms with van der Waals surface area (Å²) in [5.74, 6) is -0.334. The summed E-state index contributed by atoms with van der Waals surface area (Å²) in [7, 11) is 0. The second-order valence-corrected chi connectivity index (χ2v) is 9.25. The molecule has 0 saturated carbocycles. The summed E-state index contributed by atoms with van der Waals surface area (Å²) in [4.78, 5) is 43.9. The number of rotatable bonds is 7. The molecule has 1 aliphatic carbocycles. The number of para-hydroxylation sites is 1. The van der Waals surface area contributed by atoms with Gasteiger partial charge in [0.2, 0.25) is 0 Å². The molecule has 178 valence electrons. The van der Waals surface area contributed by atoms with Crippen molar-refractivity contribution < 1.29 is 19.1 Å². The molecule has 0 aliphatic heterocycles. The molecule has 0 fully saturated rings. The van der Waals surface area contributed by atoms with Crippen LogP contribution in [0.4, 0.5) is 5.69 Å². The van der Waals surface area contributed by atoms with E-state index in [4.69, 9.17) is 9.47 Å². The number of hydrogen-bond acceptors (Lipinski definition) is 7. The summed E-state index contributed by atoms with van der Waals surface area (Å²) in [6, 6.07) is 16.9. The van der Waals surface area contributed by atoms with E-state index in [2.05, 4.69) is 10.3 Å². The number of aryl methyl sites for hydroxylation is 2. The lowest BCUT2D eigenvalue weighted by atomic mass is 10.0. The molecule has 1 amide bonds. The predicted molar refractivity (Wildman–Crippen MR) is 132 cm³/mol. The predicted octanol–water partition coefficient (Wildman–Crippen LogP) is 4.01. The number of fused-ring (bicyclic) bond motifs is 3. The fourth-order valence-corrected chi connectivity index (χ4v) is 5.26. The number of ether oxygens (including phenoxy) is 2. The molecule has 8 nitrogen and oxygen atoms in total. The molecule has 0 bridgehead atoms. The van der Waals surface area contributed by atoms with E-state index in [1.807, 2.05) is 18.2 Å². The number of nitrogens with one attached hydrogen (secondary N) is 1. The highest BCUT2D eigenvalue weighted by Crippen LogP contribution is 2.28. The van der Waals surface area contributed by atoms with Crippen LogP contribution in [0.25, 0.3) is 4.96 Å². The number of benzene rings is 2. The summed E-state index contributed by atoms with van der Waals surface area (Å²) >= 11 is 1.53. The number of thiazole rings is 1. The van der Waals surface area contributed by atoms with E-state index in [1.54, 1.807) is 34.7 Å². The van der Waals surface area contributed by atoms with Gasteiger partial charge in [-0.1, -0.05) is 24.3 Å². The molecule has 2 aromatic carbocycles. The third-order valence-electron chi connectivity index (χ3n) is 5.66. The van der Waals surface area contributed by atoms with Gasteiger partial charge in [0.1, 0.15) is 12.4 Å². The number of amides is 1. The van der Waals surface area contributed by atoms with Crippen LogP contribution >= 0.6 is 11.3 Å². The average molecular weight is 490 g/mol. The van der Waals surface area contributed by atoms with Gasteiger partial charge in [-0.3, -0.25) is 14.0 Å². The molecule has 9 heteroatoms. The highest BCUT2D eigenvalue weighted by atomic mass is 32.1. The first-order valence-corrected chi connectivity index (χ1v) is 12.2. The van der Waals surface area contributed by atoms with Crippen LogP contribution in [0.2, 0.25) is 0 Å². The molecule has 2 aromatic heterocycles. The van der Waals surface area contributed by atoms with Crippen molar-refractivity contribution in [1.29, 1.82) is 0 Å². The Morgan fingerprint density at radius 1 is 1.03 bits per heavy atom. The van der Waals surface area contributed by atoms with Gasteiger partial charge in [-0.15, -0.1) is 11.3 Å². The molecule has 35 heavy (non-hydrogen) atoms. The molecular weight excluding hydrogens is 466 g/mol. The first kappa shape index (κ1) is 22.8. The quantitative estimate of drug-likeness (QED) is 0.394. The maximum absolute atomic E-state index is 12.7. The van der Waals surface area contributed by atoms with Crippen molar-refractivity contribution in [3.63, 3.8) is 0 Å². The molecule has 1 aliphatic rings. The molecule has 4 aromatic rings. The van der Waals surface area contributed by atoms with Crippen molar-refractivity contribution in [2.24, 2.45) is 0 Å². The molecule has 0 radical (unpaired) electrons. The highest BCUT2D eigenvalue weighted by molar-refractivity contribution is 7.17. The number of hydrogen-bond donors (Lipinski definition) is 1. The van der Waals surface area contributed by atoms with Gasteiger partial charge in [-0.2, -0.15) is 0 Å². The number of aromatic nitrogens is 2. The summed E-state index contributed by atoms with van der Waals surface area (Å²) in [5.41, 5.74) is 2.04. The minimum atomic E-state index is -0.575. The Labute approximate surface area is 205 Å². The summed E-state index contributed by atoms with van der Waals surface area (Å²) in [5, 5.41) is 2.71. The zero-order valence-electron chi connectivity index (χ0n) is 18.9. The highest BCUT2D eigenvalue weighted by Gasteiger charge is 2.19. The minimum Gasteiger partial charge on any atom is -0.484 e. The molecule has 5 rings (SSSR count). The van der Waals surface area contributed by atoms with E-state index in [-0.39, 0.29) is 30.2 Å². The summed E-state index contributed by atoms with van der Waals surface area (Å²) in [6.45, 7) is -0.275. The maximum atomic E-state index is 12.7. The van der Waals surface area contributed by atoms with Gasteiger partial charge in [0, 0.05) is 22.3 Å². The smallest absolute Gasteiger partial charge is 0.338 e. The molecule has 0 atom stereocenters. The molecule has 0 spiro atoms. The number of nitrogens with zero attached hydrogens (tertiary/aromatic N) is 2. The summed E-state index contributed by atoms with van der Waals surface area (Å²) in [6.07, 6.45) is 4.05. The Morgan fingerprint density at radius 2 is 1.86 bits per heavy atom. The van der Waals surface area contributed by atoms with Gasteiger partial charge < -0.3 is 14.8 Å². The largest absolute Gasteiger partial charge is 0.484 e. The van der Waals surface area contributed by atoms with Gasteiger partial charge in [-0.05, 0) is 56.0 Å². The lowest BCUT2D eigenvalue weighted by Gasteiger charge is -2.10. The molecule has 1 N–H and O–H groups in total. The first-order valence-electron chi connectivity index (χ1n) is 11.3. The lowest BCUT2D eigenvalue weighted by Crippen LogP contribution is -2.20. The van der Waals surface area contributed by atoms with Crippen LogP contribution in [-0.2, 0) is 29.0 Å². The molecule has 0 unspecified atom stereocenters. The Morgan fingerprint density at radius 3 is 2.71 bits per heavy atom. The zero-order chi connectivity index (χ0) is 24.2. The minimum absolute atomic E-state index is 0.116. The van der Waals surface area contributed by atoms with Crippen LogP contribution in [0.3, 0.4) is 0 Å². The Kier molecular flexibility index (Phi) is 6.58. The fraction of sp³-hybridized carbons (Fsp3) is 0.231. The maximum Gasteiger partial charge on any atom is 0.338 e. The summed E-state index contributed by atoms with van der Waals surface area (Å²) < 4.78 is 12.5. The fourth-order valence-electron chi connectivity index (χ4n) is 4.03. The van der Waals surface area contributed by atoms with E-state index >= 15 is 0 Å². The second-order valence-electron chi connectivity index (χ2n) is 8.19. The van der Waals surface area contributed by atoms with E-state index in [0.717, 1.165) is 31.4 Å². The third-order valence-corrected chi connectivity index (χ3v) is 6.80. The molecular formula is C26H23N3O5S. The van der Waals surface area contributed by atoms with Crippen LogP contribution in [0.15, 0.2) is 65.5 Å². The number of anilines is 1. The molecule has 0 saturated heterocycles. The Bertz CT molecular complexity index is 1440. The SMILES string of the molecule is O=C(COc1ccccc1)Nc1cccc(C(=O)OCc2cc(=O)n3c4c(sc3n2)CCCC4)c1. The average Bonchev–Trinajstić information content (AvgIpc) is 3.26. The van der Waals surface area contributed by atoms with E-state index in [9.17, 15) is 14.4 Å². The molecule has 2 heterocycles. The van der Waals surface area contributed by atoms with Crippen molar-refractivity contribution in [2.75, 3.05) is 11.9 Å². The van der Waals surface area contributed by atoms with E-state index < -0.39 is 5.97 Å². The zero-order valence-corrected chi connectivity index (χ0v) is 19.7. The van der Waals surface area contributed by atoms with E-state index in [1.165, 1.54) is 28.3 Å². The van der Waals surface area contributed by atoms with Crippen LogP contribution in [0.5, 0.6) is 5.75 Å². The number of esters is 1. The van der Waals surface area contributed by atoms with Crippen LogP contribution in [0.1, 0.15) is 39.5 Å². The van der Waals surface area contributed by atoms with Gasteiger partial charge in [0.05, 0.1) is 11.3 Å². The van der Waals surface area contributed by atoms with Crippen LogP contribution in [-0.4, -0.2) is 27.9 Å². The topological polar surface area (TPSA) is 99.0 Å². The Hall–Kier alpha value is -3.98. The second kappa shape index (κ2) is 10.1. The van der Waals surface area contributed by atoms with Crippen molar-refractivity contribution >= 4 is 33.9 Å². The van der Waals surface area contributed by atoms with Gasteiger partial charge in [0.25, 0.3) is 11.5 Å². The normalized spacial score (nSPS) is 12.7. The van der Waals surface area contributed by atoms with Crippen LogP contribution in [0, 0.1) is 0 Å². The lowest BCUT2D eigenvalue weighted by molar-refractivity contribution is -0.118. The van der Waals surface area contributed by atoms with E-state index in [0.29, 0.717) is 22.1 Å². The Balaban J connectivity index is 1.21. The van der Waals surface area contributed by atoms with Crippen molar-refractivity contribution in [3.8, 4) is 5.75 Å². The van der Waals surface area contributed by atoms with Crippen molar-refractivity contribution in [1.82, 2.24) is 9.38 Å². The van der Waals surface area contributed by atoms with Gasteiger partial charge >= 0.3 is 5.97 Å².